The Morgan fingerprint density at radius 2 is 1.36 bits per heavy atom. The molecule has 0 aliphatic carbocycles. The lowest BCUT2D eigenvalue weighted by Gasteiger charge is -2.08. The molecule has 0 aliphatic rings. The molecular formula is C24H20N2OS. The zero-order chi connectivity index (χ0) is 19.3. The van der Waals surface area contributed by atoms with Crippen molar-refractivity contribution in [3.05, 3.63) is 96.6 Å². The first kappa shape index (κ1) is 18.3. The van der Waals surface area contributed by atoms with E-state index in [1.54, 1.807) is 0 Å². The van der Waals surface area contributed by atoms with Crippen LogP contribution in [-0.4, -0.2) is 21.0 Å². The second kappa shape index (κ2) is 8.28. The molecule has 1 N–H and O–H groups in total. The van der Waals surface area contributed by atoms with Gasteiger partial charge in [-0.15, -0.1) is 0 Å². The van der Waals surface area contributed by atoms with E-state index >= 15 is 0 Å². The first-order valence-corrected chi connectivity index (χ1v) is 10.1. The van der Waals surface area contributed by atoms with E-state index in [0.29, 0.717) is 0 Å². The summed E-state index contributed by atoms with van der Waals surface area (Å²) in [7, 11) is 0. The number of nitrogens with zero attached hydrogens (tertiary/aromatic N) is 1. The number of ketones is 1. The van der Waals surface area contributed by atoms with Gasteiger partial charge >= 0.3 is 0 Å². The van der Waals surface area contributed by atoms with Crippen LogP contribution in [0.4, 0.5) is 0 Å². The van der Waals surface area contributed by atoms with Crippen LogP contribution in [0.5, 0.6) is 0 Å². The maximum absolute atomic E-state index is 12.7. The number of H-pyrrole nitrogens is 1. The van der Waals surface area contributed by atoms with Crippen molar-refractivity contribution in [2.75, 3.05) is 0 Å². The highest BCUT2D eigenvalue weighted by Gasteiger charge is 2.20. The van der Waals surface area contributed by atoms with Gasteiger partial charge in [0.05, 0.1) is 16.6 Å². The Kier molecular flexibility index (Phi) is 5.40. The molecule has 0 radical (unpaired) electrons. The van der Waals surface area contributed by atoms with Gasteiger partial charge in [-0.3, -0.25) is 4.79 Å². The van der Waals surface area contributed by atoms with Gasteiger partial charge in [-0.1, -0.05) is 103 Å². The van der Waals surface area contributed by atoms with Crippen molar-refractivity contribution in [1.82, 2.24) is 9.97 Å². The van der Waals surface area contributed by atoms with Crippen molar-refractivity contribution in [2.45, 2.75) is 17.3 Å². The predicted molar refractivity (Wildman–Crippen MR) is 116 cm³/mol. The second-order valence-corrected chi connectivity index (χ2v) is 7.82. The Morgan fingerprint density at radius 1 is 0.821 bits per heavy atom. The van der Waals surface area contributed by atoms with E-state index < -0.39 is 0 Å². The molecule has 1 atom stereocenters. The average molecular weight is 385 g/mol. The molecule has 0 aliphatic heterocycles. The van der Waals surface area contributed by atoms with E-state index in [4.69, 9.17) is 4.98 Å². The Labute approximate surface area is 168 Å². The molecule has 138 valence electrons. The van der Waals surface area contributed by atoms with Gasteiger partial charge in [0.25, 0.3) is 0 Å². The Morgan fingerprint density at radius 3 is 1.96 bits per heavy atom. The van der Waals surface area contributed by atoms with Crippen molar-refractivity contribution in [3.63, 3.8) is 0 Å². The fraction of sp³-hybridized carbons (Fsp3) is 0.0833. The number of benzene rings is 3. The molecule has 1 aromatic heterocycles. The largest absolute Gasteiger partial charge is 0.332 e. The zero-order valence-corrected chi connectivity index (χ0v) is 16.3. The molecule has 3 nitrogen and oxygen atoms in total. The summed E-state index contributed by atoms with van der Waals surface area (Å²) in [6.07, 6.45) is 0. The summed E-state index contributed by atoms with van der Waals surface area (Å²) < 4.78 is 0. The van der Waals surface area contributed by atoms with Gasteiger partial charge in [0.15, 0.2) is 10.9 Å². The molecular weight excluding hydrogens is 364 g/mol. The molecule has 4 heteroatoms. The summed E-state index contributed by atoms with van der Waals surface area (Å²) in [6, 6.07) is 29.7. The quantitative estimate of drug-likeness (QED) is 0.322. The van der Waals surface area contributed by atoms with Crippen LogP contribution in [0.25, 0.3) is 22.5 Å². The molecule has 0 saturated heterocycles. The summed E-state index contributed by atoms with van der Waals surface area (Å²) in [5.41, 5.74) is 4.71. The maximum atomic E-state index is 12.7. The number of rotatable bonds is 6. The lowest BCUT2D eigenvalue weighted by atomic mass is 10.1. The molecule has 4 rings (SSSR count). The minimum absolute atomic E-state index is 0.101. The number of nitrogens with one attached hydrogen (secondary N) is 1. The third-order valence-electron chi connectivity index (χ3n) is 4.51. The number of aromatic nitrogens is 2. The molecule has 28 heavy (non-hydrogen) atoms. The van der Waals surface area contributed by atoms with Crippen LogP contribution in [0.15, 0.2) is 96.2 Å². The first-order valence-electron chi connectivity index (χ1n) is 9.19. The monoisotopic (exact) mass is 384 g/mol. The highest BCUT2D eigenvalue weighted by atomic mass is 32.2. The molecule has 1 unspecified atom stereocenters. The van der Waals surface area contributed by atoms with Crippen molar-refractivity contribution in [1.29, 1.82) is 0 Å². The number of aromatic amines is 1. The van der Waals surface area contributed by atoms with Gasteiger partial charge in [-0.25, -0.2) is 4.98 Å². The van der Waals surface area contributed by atoms with E-state index in [9.17, 15) is 4.79 Å². The molecule has 0 saturated carbocycles. The van der Waals surface area contributed by atoms with Crippen LogP contribution < -0.4 is 0 Å². The van der Waals surface area contributed by atoms with Crippen molar-refractivity contribution in [2.24, 2.45) is 0 Å². The van der Waals surface area contributed by atoms with Gasteiger partial charge in [-0.05, 0) is 6.92 Å². The van der Waals surface area contributed by atoms with Crippen LogP contribution in [-0.2, 0) is 0 Å². The fourth-order valence-corrected chi connectivity index (χ4v) is 3.97. The normalized spacial score (nSPS) is 11.9. The fourth-order valence-electron chi connectivity index (χ4n) is 3.08. The summed E-state index contributed by atoms with van der Waals surface area (Å²) in [5, 5.41) is 0.510. The maximum Gasteiger partial charge on any atom is 0.175 e. The molecule has 0 bridgehead atoms. The number of hydrogen-bond donors (Lipinski definition) is 1. The standard InChI is InChI=1S/C24H20N2OS/c1-17(23(27)20-15-9-4-10-16-20)28-24-25-21(18-11-5-2-6-12-18)22(26-24)19-13-7-3-8-14-19/h2-17H,1H3,(H,25,26). The Hall–Kier alpha value is -3.11. The number of thioether (sulfide) groups is 1. The van der Waals surface area contributed by atoms with Crippen LogP contribution in [0, 0.1) is 0 Å². The molecule has 3 aromatic carbocycles. The minimum Gasteiger partial charge on any atom is -0.332 e. The van der Waals surface area contributed by atoms with E-state index in [2.05, 4.69) is 29.2 Å². The first-order chi connectivity index (χ1) is 13.7. The van der Waals surface area contributed by atoms with Crippen molar-refractivity contribution >= 4 is 17.5 Å². The average Bonchev–Trinajstić information content (AvgIpc) is 3.19. The van der Waals surface area contributed by atoms with Gasteiger partial charge in [-0.2, -0.15) is 0 Å². The van der Waals surface area contributed by atoms with E-state index in [1.165, 1.54) is 11.8 Å². The third-order valence-corrected chi connectivity index (χ3v) is 5.49. The lowest BCUT2D eigenvalue weighted by molar-refractivity contribution is 0.0994. The van der Waals surface area contributed by atoms with Crippen LogP contribution in [0.3, 0.4) is 0 Å². The third kappa shape index (κ3) is 3.92. The summed E-state index contributed by atoms with van der Waals surface area (Å²) >= 11 is 1.45. The number of hydrogen-bond acceptors (Lipinski definition) is 3. The number of carbonyl (C=O) groups is 1. The van der Waals surface area contributed by atoms with Gasteiger partial charge < -0.3 is 4.98 Å². The SMILES string of the molecule is CC(Sc1nc(-c2ccccc2)c(-c2ccccc2)[nH]1)C(=O)c1ccccc1. The van der Waals surface area contributed by atoms with Crippen LogP contribution >= 0.6 is 11.8 Å². The van der Waals surface area contributed by atoms with Crippen LogP contribution in [0.2, 0.25) is 0 Å². The molecule has 0 spiro atoms. The topological polar surface area (TPSA) is 45.8 Å². The summed E-state index contributed by atoms with van der Waals surface area (Å²) in [5.74, 6) is 0.101. The Bertz CT molecular complexity index is 1000. The smallest absolute Gasteiger partial charge is 0.175 e. The second-order valence-electron chi connectivity index (χ2n) is 6.49. The van der Waals surface area contributed by atoms with Crippen molar-refractivity contribution < 1.29 is 4.79 Å². The lowest BCUT2D eigenvalue weighted by Crippen LogP contribution is -2.13. The van der Waals surface area contributed by atoms with Crippen molar-refractivity contribution in [3.8, 4) is 22.5 Å². The number of imidazole rings is 1. The predicted octanol–water partition coefficient (Wildman–Crippen LogP) is 6.11. The van der Waals surface area contributed by atoms with E-state index in [1.807, 2.05) is 73.7 Å². The molecule has 4 aromatic rings. The Balaban J connectivity index is 1.67. The van der Waals surface area contributed by atoms with Gasteiger partial charge in [0.2, 0.25) is 0 Å². The highest BCUT2D eigenvalue weighted by Crippen LogP contribution is 2.34. The van der Waals surface area contributed by atoms with Gasteiger partial charge in [0, 0.05) is 16.7 Å². The van der Waals surface area contributed by atoms with E-state index in [-0.39, 0.29) is 11.0 Å². The zero-order valence-electron chi connectivity index (χ0n) is 15.5. The van der Waals surface area contributed by atoms with Gasteiger partial charge in [0.1, 0.15) is 0 Å². The molecule has 0 amide bonds. The molecule has 1 heterocycles. The van der Waals surface area contributed by atoms with E-state index in [0.717, 1.165) is 33.2 Å². The number of carbonyl (C=O) groups excluding carboxylic acids is 1. The summed E-state index contributed by atoms with van der Waals surface area (Å²) in [6.45, 7) is 1.92. The minimum atomic E-state index is -0.235. The summed E-state index contributed by atoms with van der Waals surface area (Å²) in [4.78, 5) is 21.0. The number of Topliss-reactive ketones (excluding diaryl/α,β-unsaturated/α-hetero) is 1. The highest BCUT2D eigenvalue weighted by molar-refractivity contribution is 8.00. The van der Waals surface area contributed by atoms with Crippen LogP contribution in [0.1, 0.15) is 17.3 Å². The molecule has 0 fully saturated rings.